The van der Waals surface area contributed by atoms with Gasteiger partial charge in [0.2, 0.25) is 5.91 Å². The average molecular weight is 321 g/mol. The first-order valence-corrected chi connectivity index (χ1v) is 8.03. The number of carbonyl (C=O) groups is 1. The number of thioether (sulfide) groups is 1. The summed E-state index contributed by atoms with van der Waals surface area (Å²) < 4.78 is 14.8. The van der Waals surface area contributed by atoms with E-state index in [1.807, 2.05) is 13.8 Å². The average Bonchev–Trinajstić information content (AvgIpc) is 2.68. The van der Waals surface area contributed by atoms with Crippen LogP contribution in [0.4, 0.5) is 10.2 Å². The minimum absolute atomic E-state index is 0.00807. The fourth-order valence-electron chi connectivity index (χ4n) is 2.53. The van der Waals surface area contributed by atoms with E-state index in [4.69, 9.17) is 0 Å². The standard InChI is InChI=1S/C15H16FN3O2S/c1-8(2)19-14-12(15(21)18-19)13(22-7-11(20)17-14)9-3-5-10(16)6-4-9/h3-6,8,13H,7H2,1-2H3,(H,17,20)(H,18,21). The van der Waals surface area contributed by atoms with E-state index < -0.39 is 0 Å². The van der Waals surface area contributed by atoms with Gasteiger partial charge in [-0.15, -0.1) is 11.8 Å². The van der Waals surface area contributed by atoms with Gasteiger partial charge in [-0.25, -0.2) is 4.39 Å². The molecule has 2 heterocycles. The Morgan fingerprint density at radius 1 is 1.27 bits per heavy atom. The first kappa shape index (κ1) is 14.9. The predicted molar refractivity (Wildman–Crippen MR) is 84.8 cm³/mol. The minimum atomic E-state index is -0.328. The Morgan fingerprint density at radius 2 is 1.95 bits per heavy atom. The Hall–Kier alpha value is -2.02. The summed E-state index contributed by atoms with van der Waals surface area (Å²) in [4.78, 5) is 24.3. The molecule has 0 saturated carbocycles. The zero-order chi connectivity index (χ0) is 15.9. The van der Waals surface area contributed by atoms with Crippen LogP contribution in [0.25, 0.3) is 0 Å². The highest BCUT2D eigenvalue weighted by Crippen LogP contribution is 2.40. The van der Waals surface area contributed by atoms with E-state index in [2.05, 4.69) is 10.4 Å². The van der Waals surface area contributed by atoms with Crippen molar-refractivity contribution >= 4 is 23.5 Å². The fourth-order valence-corrected chi connectivity index (χ4v) is 3.66. The molecule has 2 aromatic rings. The summed E-state index contributed by atoms with van der Waals surface area (Å²) in [5.74, 6) is 0.271. The van der Waals surface area contributed by atoms with Gasteiger partial charge < -0.3 is 5.32 Å². The number of nitrogens with one attached hydrogen (secondary N) is 2. The molecule has 116 valence electrons. The molecule has 1 unspecified atom stereocenters. The number of H-pyrrole nitrogens is 1. The summed E-state index contributed by atoms with van der Waals surface area (Å²) in [6.07, 6.45) is 0. The van der Waals surface area contributed by atoms with Crippen molar-refractivity contribution < 1.29 is 9.18 Å². The molecule has 1 atom stereocenters. The van der Waals surface area contributed by atoms with Gasteiger partial charge in [0.05, 0.1) is 16.6 Å². The molecule has 2 N–H and O–H groups in total. The lowest BCUT2D eigenvalue weighted by Gasteiger charge is -2.15. The minimum Gasteiger partial charge on any atom is -0.310 e. The first-order valence-electron chi connectivity index (χ1n) is 6.98. The summed E-state index contributed by atoms with van der Waals surface area (Å²) >= 11 is 1.37. The summed E-state index contributed by atoms with van der Waals surface area (Å²) in [5.41, 5.74) is 1.08. The second-order valence-corrected chi connectivity index (χ2v) is 6.55. The number of rotatable bonds is 2. The van der Waals surface area contributed by atoms with Crippen molar-refractivity contribution in [1.82, 2.24) is 9.78 Å². The molecule has 0 aliphatic carbocycles. The molecule has 0 bridgehead atoms. The number of benzene rings is 1. The summed E-state index contributed by atoms with van der Waals surface area (Å²) in [5, 5.41) is 5.27. The van der Waals surface area contributed by atoms with Crippen LogP contribution in [0.15, 0.2) is 29.1 Å². The van der Waals surface area contributed by atoms with Gasteiger partial charge in [0.1, 0.15) is 11.6 Å². The van der Waals surface area contributed by atoms with Crippen LogP contribution < -0.4 is 10.9 Å². The normalized spacial score (nSPS) is 18.0. The van der Waals surface area contributed by atoms with Gasteiger partial charge in [-0.2, -0.15) is 0 Å². The molecule has 0 fully saturated rings. The molecule has 0 spiro atoms. The number of hydrogen-bond donors (Lipinski definition) is 2. The van der Waals surface area contributed by atoms with E-state index in [-0.39, 0.29) is 34.3 Å². The highest BCUT2D eigenvalue weighted by atomic mass is 32.2. The fraction of sp³-hybridized carbons (Fsp3) is 0.333. The maximum Gasteiger partial charge on any atom is 0.270 e. The van der Waals surface area contributed by atoms with Crippen molar-refractivity contribution in [3.05, 3.63) is 51.6 Å². The Kier molecular flexibility index (Phi) is 3.82. The van der Waals surface area contributed by atoms with Crippen LogP contribution in [-0.2, 0) is 4.79 Å². The largest absolute Gasteiger partial charge is 0.310 e. The SMILES string of the molecule is CC(C)n1[nH]c(=O)c2c1NC(=O)CSC2c1ccc(F)cc1. The van der Waals surface area contributed by atoms with Gasteiger partial charge in [-0.3, -0.25) is 19.4 Å². The molecule has 7 heteroatoms. The molecular formula is C15H16FN3O2S. The molecule has 22 heavy (non-hydrogen) atoms. The van der Waals surface area contributed by atoms with Crippen LogP contribution >= 0.6 is 11.8 Å². The maximum atomic E-state index is 13.1. The molecular weight excluding hydrogens is 305 g/mol. The number of fused-ring (bicyclic) bond motifs is 1. The summed E-state index contributed by atoms with van der Waals surface area (Å²) in [6.45, 7) is 3.85. The van der Waals surface area contributed by atoms with Crippen LogP contribution in [0.5, 0.6) is 0 Å². The van der Waals surface area contributed by atoms with Crippen molar-refractivity contribution in [2.45, 2.75) is 25.1 Å². The van der Waals surface area contributed by atoms with Crippen LogP contribution in [0.2, 0.25) is 0 Å². The second-order valence-electron chi connectivity index (χ2n) is 5.46. The molecule has 0 saturated heterocycles. The Balaban J connectivity index is 2.17. The van der Waals surface area contributed by atoms with Gasteiger partial charge in [-0.05, 0) is 31.5 Å². The molecule has 0 radical (unpaired) electrons. The highest BCUT2D eigenvalue weighted by Gasteiger charge is 2.30. The number of aromatic nitrogens is 2. The highest BCUT2D eigenvalue weighted by molar-refractivity contribution is 8.00. The zero-order valence-corrected chi connectivity index (χ0v) is 13.0. The van der Waals surface area contributed by atoms with Crippen LogP contribution in [-0.4, -0.2) is 21.4 Å². The third-order valence-corrected chi connectivity index (χ3v) is 4.82. The monoisotopic (exact) mass is 321 g/mol. The lowest BCUT2D eigenvalue weighted by molar-refractivity contribution is -0.113. The zero-order valence-electron chi connectivity index (χ0n) is 12.2. The third-order valence-electron chi connectivity index (χ3n) is 3.55. The quantitative estimate of drug-likeness (QED) is 0.893. The smallest absolute Gasteiger partial charge is 0.270 e. The van der Waals surface area contributed by atoms with Gasteiger partial charge in [-0.1, -0.05) is 12.1 Å². The van der Waals surface area contributed by atoms with Gasteiger partial charge >= 0.3 is 0 Å². The van der Waals surface area contributed by atoms with Crippen molar-refractivity contribution in [2.24, 2.45) is 0 Å². The number of amides is 1. The molecule has 1 aromatic heterocycles. The van der Waals surface area contributed by atoms with E-state index in [0.29, 0.717) is 11.4 Å². The Morgan fingerprint density at radius 3 is 2.59 bits per heavy atom. The Labute approximate surface area is 130 Å². The van der Waals surface area contributed by atoms with E-state index >= 15 is 0 Å². The van der Waals surface area contributed by atoms with Gasteiger partial charge in [0.25, 0.3) is 5.56 Å². The van der Waals surface area contributed by atoms with Crippen LogP contribution in [0, 0.1) is 5.82 Å². The molecule has 3 rings (SSSR count). The van der Waals surface area contributed by atoms with E-state index in [0.717, 1.165) is 5.56 Å². The third kappa shape index (κ3) is 2.56. The number of hydrogen-bond acceptors (Lipinski definition) is 3. The lowest BCUT2D eigenvalue weighted by atomic mass is 10.1. The Bertz CT molecular complexity index is 764. The number of halogens is 1. The van der Waals surface area contributed by atoms with Crippen molar-refractivity contribution in [3.63, 3.8) is 0 Å². The topological polar surface area (TPSA) is 66.9 Å². The summed E-state index contributed by atoms with van der Waals surface area (Å²) in [7, 11) is 0. The van der Waals surface area contributed by atoms with Crippen molar-refractivity contribution in [1.29, 1.82) is 0 Å². The molecule has 1 aliphatic rings. The second kappa shape index (κ2) is 5.64. The number of nitrogens with zero attached hydrogens (tertiary/aromatic N) is 1. The van der Waals surface area contributed by atoms with Crippen LogP contribution in [0.3, 0.4) is 0 Å². The van der Waals surface area contributed by atoms with Gasteiger partial charge in [0, 0.05) is 6.04 Å². The van der Waals surface area contributed by atoms with E-state index in [9.17, 15) is 14.0 Å². The van der Waals surface area contributed by atoms with E-state index in [1.54, 1.807) is 16.8 Å². The molecule has 5 nitrogen and oxygen atoms in total. The molecule has 1 aromatic carbocycles. The predicted octanol–water partition coefficient (Wildman–Crippen LogP) is 2.67. The lowest BCUT2D eigenvalue weighted by Crippen LogP contribution is -2.17. The molecule has 1 amide bonds. The van der Waals surface area contributed by atoms with E-state index in [1.165, 1.54) is 23.9 Å². The number of anilines is 1. The van der Waals surface area contributed by atoms with Gasteiger partial charge in [0.15, 0.2) is 0 Å². The maximum absolute atomic E-state index is 13.1. The first-order chi connectivity index (χ1) is 10.5. The summed E-state index contributed by atoms with van der Waals surface area (Å²) in [6, 6.07) is 6.04. The van der Waals surface area contributed by atoms with Crippen molar-refractivity contribution in [2.75, 3.05) is 11.1 Å². The number of carbonyl (C=O) groups excluding carboxylic acids is 1. The molecule has 1 aliphatic heterocycles. The van der Waals surface area contributed by atoms with Crippen molar-refractivity contribution in [3.8, 4) is 0 Å². The number of aromatic amines is 1. The van der Waals surface area contributed by atoms with Crippen LogP contribution in [0.1, 0.15) is 36.3 Å².